The average Bonchev–Trinajstić information content (AvgIpc) is 3.42. The Balaban J connectivity index is 1.82. The molecule has 3 fully saturated rings. The monoisotopic (exact) mass is 515 g/mol. The van der Waals surface area contributed by atoms with Crippen LogP contribution in [0.2, 0.25) is 5.02 Å². The van der Waals surface area contributed by atoms with Crippen LogP contribution in [-0.2, 0) is 19.1 Å². The highest BCUT2D eigenvalue weighted by atomic mass is 35.5. The van der Waals surface area contributed by atoms with E-state index in [2.05, 4.69) is 13.2 Å². The summed E-state index contributed by atoms with van der Waals surface area (Å²) in [7, 11) is 1.68. The van der Waals surface area contributed by atoms with Crippen LogP contribution in [0.4, 0.5) is 5.69 Å². The highest BCUT2D eigenvalue weighted by Crippen LogP contribution is 2.63. The number of anilines is 1. The molecular formula is C27H34ClN3O5. The number of fused-ring (bicyclic) bond motifs is 1. The smallest absolute Gasteiger partial charge is 0.253 e. The molecule has 2 unspecified atom stereocenters. The normalized spacial score (nSPS) is 31.2. The van der Waals surface area contributed by atoms with E-state index in [-0.39, 0.29) is 30.9 Å². The first kappa shape index (κ1) is 26.4. The van der Waals surface area contributed by atoms with Gasteiger partial charge in [-0.25, -0.2) is 0 Å². The third-order valence-electron chi connectivity index (χ3n) is 7.95. The summed E-state index contributed by atoms with van der Waals surface area (Å²) in [5.41, 5.74) is -1.44. The Labute approximate surface area is 217 Å². The van der Waals surface area contributed by atoms with Gasteiger partial charge in [0.2, 0.25) is 11.8 Å². The van der Waals surface area contributed by atoms with Crippen LogP contribution in [0.25, 0.3) is 0 Å². The van der Waals surface area contributed by atoms with E-state index < -0.39 is 35.1 Å². The highest BCUT2D eigenvalue weighted by Gasteiger charge is 2.78. The second kappa shape index (κ2) is 9.65. The highest BCUT2D eigenvalue weighted by molar-refractivity contribution is 6.30. The van der Waals surface area contributed by atoms with Gasteiger partial charge in [-0.2, -0.15) is 0 Å². The maximum Gasteiger partial charge on any atom is 0.253 e. The Morgan fingerprint density at radius 1 is 1.22 bits per heavy atom. The minimum Gasteiger partial charge on any atom is -0.394 e. The van der Waals surface area contributed by atoms with Crippen molar-refractivity contribution < 1.29 is 24.2 Å². The van der Waals surface area contributed by atoms with Gasteiger partial charge in [-0.15, -0.1) is 13.2 Å². The number of benzene rings is 1. The van der Waals surface area contributed by atoms with E-state index in [1.807, 2.05) is 6.92 Å². The molecule has 4 rings (SSSR count). The van der Waals surface area contributed by atoms with Gasteiger partial charge in [-0.05, 0) is 51.0 Å². The van der Waals surface area contributed by atoms with Crippen LogP contribution in [-0.4, -0.2) is 82.7 Å². The predicted octanol–water partition coefficient (Wildman–Crippen LogP) is 2.65. The van der Waals surface area contributed by atoms with Gasteiger partial charge in [-0.3, -0.25) is 14.4 Å². The summed E-state index contributed by atoms with van der Waals surface area (Å²) in [4.78, 5) is 46.5. The maximum atomic E-state index is 14.3. The van der Waals surface area contributed by atoms with Crippen LogP contribution >= 0.6 is 11.6 Å². The summed E-state index contributed by atoms with van der Waals surface area (Å²) < 4.78 is 6.63. The van der Waals surface area contributed by atoms with Gasteiger partial charge in [0, 0.05) is 30.8 Å². The molecular weight excluding hydrogens is 482 g/mol. The number of amides is 3. The lowest BCUT2D eigenvalue weighted by Crippen LogP contribution is -2.58. The zero-order valence-electron chi connectivity index (χ0n) is 21.0. The van der Waals surface area contributed by atoms with Crippen molar-refractivity contribution in [2.75, 3.05) is 31.6 Å². The minimum atomic E-state index is -1.17. The lowest BCUT2D eigenvalue weighted by molar-refractivity contribution is -0.151. The van der Waals surface area contributed by atoms with Gasteiger partial charge in [0.15, 0.2) is 0 Å². The molecule has 3 aliphatic rings. The van der Waals surface area contributed by atoms with Gasteiger partial charge in [0.05, 0.1) is 30.1 Å². The van der Waals surface area contributed by atoms with E-state index in [0.29, 0.717) is 30.1 Å². The largest absolute Gasteiger partial charge is 0.394 e. The van der Waals surface area contributed by atoms with Crippen LogP contribution in [0.1, 0.15) is 26.7 Å². The molecule has 0 radical (unpaired) electrons. The first-order valence-electron chi connectivity index (χ1n) is 12.2. The zero-order chi connectivity index (χ0) is 26.4. The molecule has 36 heavy (non-hydrogen) atoms. The molecule has 194 valence electrons. The first-order chi connectivity index (χ1) is 17.1. The van der Waals surface area contributed by atoms with Crippen LogP contribution in [0.15, 0.2) is 49.6 Å². The third-order valence-corrected chi connectivity index (χ3v) is 8.20. The molecule has 6 atom stereocenters. The molecule has 1 aromatic carbocycles. The SMILES string of the molecule is C=CCN(C)C(=O)[C@H]1[C@H]2C(=O)N([C@H](C)CO)C(C(=O)N(CC=C)c3ccc(Cl)cc3)C23CC[C@]1(C)O3. The van der Waals surface area contributed by atoms with Crippen molar-refractivity contribution >= 4 is 35.0 Å². The number of carbonyl (C=O) groups is 3. The summed E-state index contributed by atoms with van der Waals surface area (Å²) in [5, 5.41) is 10.6. The van der Waals surface area contributed by atoms with Crippen LogP contribution in [0, 0.1) is 11.8 Å². The Bertz CT molecular complexity index is 1080. The summed E-state index contributed by atoms with van der Waals surface area (Å²) in [6.07, 6.45) is 4.25. The number of hydrogen-bond donors (Lipinski definition) is 1. The molecule has 9 heteroatoms. The topological polar surface area (TPSA) is 90.4 Å². The van der Waals surface area contributed by atoms with E-state index in [1.165, 1.54) is 4.90 Å². The van der Waals surface area contributed by atoms with Crippen molar-refractivity contribution in [2.45, 2.75) is 50.0 Å². The van der Waals surface area contributed by atoms with Crippen molar-refractivity contribution in [3.8, 4) is 0 Å². The van der Waals surface area contributed by atoms with Crippen molar-refractivity contribution in [3.63, 3.8) is 0 Å². The summed E-state index contributed by atoms with van der Waals surface area (Å²) in [5.74, 6) is -2.45. The molecule has 2 bridgehead atoms. The second-order valence-corrected chi connectivity index (χ2v) is 10.7. The number of ether oxygens (including phenoxy) is 1. The van der Waals surface area contributed by atoms with Crippen molar-refractivity contribution in [1.29, 1.82) is 0 Å². The molecule has 0 aromatic heterocycles. The minimum absolute atomic E-state index is 0.203. The van der Waals surface area contributed by atoms with Gasteiger partial charge in [0.1, 0.15) is 11.6 Å². The van der Waals surface area contributed by atoms with Gasteiger partial charge in [0.25, 0.3) is 5.91 Å². The van der Waals surface area contributed by atoms with Crippen LogP contribution in [0.3, 0.4) is 0 Å². The van der Waals surface area contributed by atoms with Gasteiger partial charge in [-0.1, -0.05) is 23.8 Å². The number of hydrogen-bond acceptors (Lipinski definition) is 5. The van der Waals surface area contributed by atoms with E-state index in [9.17, 15) is 19.5 Å². The maximum absolute atomic E-state index is 14.3. The van der Waals surface area contributed by atoms with Crippen molar-refractivity contribution in [3.05, 3.63) is 54.6 Å². The van der Waals surface area contributed by atoms with Crippen molar-refractivity contribution in [2.24, 2.45) is 11.8 Å². The van der Waals surface area contributed by atoms with Gasteiger partial charge < -0.3 is 24.5 Å². The fourth-order valence-electron chi connectivity index (χ4n) is 6.32. The number of aliphatic hydroxyl groups excluding tert-OH is 1. The number of halogens is 1. The standard InChI is InChI=1S/C27H34ClN3O5/c1-6-14-29(5)23(33)20-21-24(34)31(17(3)16-32)22(27(21)13-12-26(20,4)36-27)25(35)30(15-7-2)19-10-8-18(28)9-11-19/h6-11,17,20-22,32H,1-2,12-16H2,3-5H3/t17-,20-,21+,22?,26+,27?/m1/s1. The first-order valence-corrected chi connectivity index (χ1v) is 12.6. The average molecular weight is 516 g/mol. The zero-order valence-corrected chi connectivity index (χ0v) is 21.8. The predicted molar refractivity (Wildman–Crippen MR) is 137 cm³/mol. The summed E-state index contributed by atoms with van der Waals surface area (Å²) in [6.45, 7) is 11.3. The lowest BCUT2D eigenvalue weighted by Gasteiger charge is -2.38. The Morgan fingerprint density at radius 3 is 2.44 bits per heavy atom. The molecule has 1 spiro atoms. The molecule has 3 amide bonds. The molecule has 3 saturated heterocycles. The van der Waals surface area contributed by atoms with E-state index in [0.717, 1.165) is 0 Å². The molecule has 3 aliphatic heterocycles. The van der Waals surface area contributed by atoms with E-state index >= 15 is 0 Å². The fourth-order valence-corrected chi connectivity index (χ4v) is 6.45. The fraction of sp³-hybridized carbons (Fsp3) is 0.519. The molecule has 0 aliphatic carbocycles. The number of nitrogens with zero attached hydrogens (tertiary/aromatic N) is 3. The number of carbonyl (C=O) groups excluding carboxylic acids is 3. The van der Waals surface area contributed by atoms with Crippen LogP contribution in [0.5, 0.6) is 0 Å². The number of likely N-dealkylation sites (tertiary alicyclic amines) is 1. The van der Waals surface area contributed by atoms with Crippen molar-refractivity contribution in [1.82, 2.24) is 9.80 Å². The second-order valence-electron chi connectivity index (χ2n) is 10.2. The number of aliphatic hydroxyl groups is 1. The van der Waals surface area contributed by atoms with Gasteiger partial charge >= 0.3 is 0 Å². The Hall–Kier alpha value is -2.68. The molecule has 1 N–H and O–H groups in total. The Morgan fingerprint density at radius 2 is 1.86 bits per heavy atom. The number of likely N-dealkylation sites (N-methyl/N-ethyl adjacent to an activating group) is 1. The quantitative estimate of drug-likeness (QED) is 0.511. The number of rotatable bonds is 9. The third kappa shape index (κ3) is 3.86. The molecule has 3 heterocycles. The molecule has 1 aromatic rings. The van der Waals surface area contributed by atoms with Crippen LogP contribution < -0.4 is 4.90 Å². The molecule has 8 nitrogen and oxygen atoms in total. The summed E-state index contributed by atoms with van der Waals surface area (Å²) >= 11 is 6.07. The lowest BCUT2D eigenvalue weighted by atomic mass is 9.66. The summed E-state index contributed by atoms with van der Waals surface area (Å²) in [6, 6.07) is 5.22. The van der Waals surface area contributed by atoms with E-state index in [4.69, 9.17) is 16.3 Å². The Kier molecular flexibility index (Phi) is 7.07. The molecule has 0 saturated carbocycles. The van der Waals surface area contributed by atoms with E-state index in [1.54, 1.807) is 60.2 Å².